The molecule has 0 spiro atoms. The highest BCUT2D eigenvalue weighted by Gasteiger charge is 2.32. The highest BCUT2D eigenvalue weighted by Crippen LogP contribution is 2.29. The van der Waals surface area contributed by atoms with Gasteiger partial charge in [-0.3, -0.25) is 14.9 Å². The lowest BCUT2D eigenvalue weighted by molar-refractivity contribution is 0.0825. The van der Waals surface area contributed by atoms with Gasteiger partial charge in [0.05, 0.1) is 23.2 Å². The van der Waals surface area contributed by atoms with E-state index in [2.05, 4.69) is 15.2 Å². The number of hydrogen-bond acceptors (Lipinski definition) is 5. The number of aromatic nitrogens is 3. The zero-order valence-electron chi connectivity index (χ0n) is 15.6. The fourth-order valence-corrected chi connectivity index (χ4v) is 4.94. The number of aryl methyl sites for hydroxylation is 1. The maximum atomic E-state index is 12.8. The summed E-state index contributed by atoms with van der Waals surface area (Å²) in [6.07, 6.45) is 6.90. The van der Waals surface area contributed by atoms with Gasteiger partial charge in [-0.15, -0.1) is 0 Å². The van der Waals surface area contributed by atoms with Crippen molar-refractivity contribution >= 4 is 15.9 Å². The first-order valence-corrected chi connectivity index (χ1v) is 10.6. The summed E-state index contributed by atoms with van der Waals surface area (Å²) in [6, 6.07) is 3.66. The van der Waals surface area contributed by atoms with Crippen LogP contribution in [0.2, 0.25) is 0 Å². The quantitative estimate of drug-likeness (QED) is 0.799. The standard InChI is InChI=1S/C18H25N5O3S/c1-22(2)18(24)16-12-20-21-17(16)15-4-3-10-23(13-15)27(25,26)11-7-14-5-8-19-9-6-14/h5-6,8-9,12,15H,3-4,7,10-11,13H2,1-2H3,(H,20,21). The van der Waals surface area contributed by atoms with Crippen LogP contribution in [0.15, 0.2) is 30.7 Å². The highest BCUT2D eigenvalue weighted by atomic mass is 32.2. The van der Waals surface area contributed by atoms with Crippen molar-refractivity contribution in [2.24, 2.45) is 0 Å². The summed E-state index contributed by atoms with van der Waals surface area (Å²) in [4.78, 5) is 17.8. The molecule has 1 saturated heterocycles. The molecule has 1 unspecified atom stereocenters. The molecule has 2 aromatic heterocycles. The Balaban J connectivity index is 1.71. The fraction of sp³-hybridized carbons (Fsp3) is 0.500. The summed E-state index contributed by atoms with van der Waals surface area (Å²) in [5, 5.41) is 6.93. The minimum Gasteiger partial charge on any atom is -0.345 e. The van der Waals surface area contributed by atoms with Gasteiger partial charge in [0.15, 0.2) is 0 Å². The third-order valence-electron chi connectivity index (χ3n) is 4.89. The van der Waals surface area contributed by atoms with Crippen LogP contribution in [0.4, 0.5) is 0 Å². The van der Waals surface area contributed by atoms with Crippen LogP contribution in [0.3, 0.4) is 0 Å². The van der Waals surface area contributed by atoms with Crippen molar-refractivity contribution in [2.45, 2.75) is 25.2 Å². The number of pyridine rings is 1. The first-order chi connectivity index (χ1) is 12.9. The lowest BCUT2D eigenvalue weighted by Gasteiger charge is -2.32. The van der Waals surface area contributed by atoms with Crippen LogP contribution < -0.4 is 0 Å². The predicted molar refractivity (Wildman–Crippen MR) is 102 cm³/mol. The molecule has 1 aliphatic rings. The van der Waals surface area contributed by atoms with Gasteiger partial charge in [-0.25, -0.2) is 12.7 Å². The van der Waals surface area contributed by atoms with E-state index >= 15 is 0 Å². The van der Waals surface area contributed by atoms with E-state index in [0.29, 0.717) is 25.1 Å². The molecule has 1 fully saturated rings. The van der Waals surface area contributed by atoms with Crippen molar-refractivity contribution in [2.75, 3.05) is 32.9 Å². The van der Waals surface area contributed by atoms with Gasteiger partial charge < -0.3 is 4.90 Å². The molecule has 3 heterocycles. The van der Waals surface area contributed by atoms with E-state index in [1.165, 1.54) is 11.1 Å². The van der Waals surface area contributed by atoms with Gasteiger partial charge in [0.2, 0.25) is 10.0 Å². The number of hydrogen-bond donors (Lipinski definition) is 1. The Kier molecular flexibility index (Phi) is 5.91. The largest absolute Gasteiger partial charge is 0.345 e. The van der Waals surface area contributed by atoms with Crippen LogP contribution in [0.25, 0.3) is 0 Å². The molecule has 1 atom stereocenters. The van der Waals surface area contributed by atoms with E-state index in [1.807, 2.05) is 12.1 Å². The zero-order chi connectivity index (χ0) is 19.4. The van der Waals surface area contributed by atoms with Crippen molar-refractivity contribution in [1.82, 2.24) is 24.4 Å². The number of amides is 1. The van der Waals surface area contributed by atoms with E-state index in [0.717, 1.165) is 24.1 Å². The highest BCUT2D eigenvalue weighted by molar-refractivity contribution is 7.89. The average Bonchev–Trinajstić information content (AvgIpc) is 3.16. The Morgan fingerprint density at radius 1 is 1.33 bits per heavy atom. The number of sulfonamides is 1. The van der Waals surface area contributed by atoms with Gasteiger partial charge in [0.1, 0.15) is 0 Å². The Labute approximate surface area is 159 Å². The van der Waals surface area contributed by atoms with Crippen molar-refractivity contribution < 1.29 is 13.2 Å². The van der Waals surface area contributed by atoms with Crippen LogP contribution >= 0.6 is 0 Å². The van der Waals surface area contributed by atoms with Gasteiger partial charge in [-0.2, -0.15) is 5.10 Å². The molecular weight excluding hydrogens is 366 g/mol. The molecule has 8 nitrogen and oxygen atoms in total. The van der Waals surface area contributed by atoms with Crippen LogP contribution in [0.5, 0.6) is 0 Å². The van der Waals surface area contributed by atoms with Crippen LogP contribution in [0.1, 0.15) is 40.4 Å². The second-order valence-electron chi connectivity index (χ2n) is 7.02. The van der Waals surface area contributed by atoms with E-state index in [9.17, 15) is 13.2 Å². The molecule has 0 bridgehead atoms. The van der Waals surface area contributed by atoms with E-state index < -0.39 is 10.0 Å². The van der Waals surface area contributed by atoms with Crippen molar-refractivity contribution in [1.29, 1.82) is 0 Å². The number of H-pyrrole nitrogens is 1. The number of piperidine rings is 1. The monoisotopic (exact) mass is 391 g/mol. The van der Waals surface area contributed by atoms with Crippen LogP contribution in [0, 0.1) is 0 Å². The first-order valence-electron chi connectivity index (χ1n) is 9.00. The first kappa shape index (κ1) is 19.5. The number of carbonyl (C=O) groups is 1. The number of nitrogens with zero attached hydrogens (tertiary/aromatic N) is 4. The predicted octanol–water partition coefficient (Wildman–Crippen LogP) is 1.26. The summed E-state index contributed by atoms with van der Waals surface area (Å²) < 4.78 is 27.2. The van der Waals surface area contributed by atoms with Crippen LogP contribution in [-0.4, -0.2) is 71.6 Å². The Bertz CT molecular complexity index is 879. The van der Waals surface area contributed by atoms with E-state index in [4.69, 9.17) is 0 Å². The molecule has 0 aromatic carbocycles. The third kappa shape index (κ3) is 4.54. The molecule has 0 saturated carbocycles. The molecule has 9 heteroatoms. The molecule has 1 aliphatic heterocycles. The minimum absolute atomic E-state index is 0.0594. The van der Waals surface area contributed by atoms with Gasteiger partial charge in [-0.05, 0) is 37.0 Å². The normalized spacial score (nSPS) is 18.4. The fourth-order valence-electron chi connectivity index (χ4n) is 3.37. The van der Waals surface area contributed by atoms with Gasteiger partial charge in [0.25, 0.3) is 5.91 Å². The number of aromatic amines is 1. The Morgan fingerprint density at radius 3 is 2.78 bits per heavy atom. The summed E-state index contributed by atoms with van der Waals surface area (Å²) in [7, 11) is 0.00899. The molecule has 0 aliphatic carbocycles. The Morgan fingerprint density at radius 2 is 2.07 bits per heavy atom. The number of rotatable bonds is 6. The average molecular weight is 391 g/mol. The topological polar surface area (TPSA) is 99.3 Å². The van der Waals surface area contributed by atoms with Crippen molar-refractivity contribution in [3.63, 3.8) is 0 Å². The SMILES string of the molecule is CN(C)C(=O)c1cn[nH]c1C1CCCN(S(=O)(=O)CCc2ccncc2)C1. The lowest BCUT2D eigenvalue weighted by Crippen LogP contribution is -2.41. The smallest absolute Gasteiger partial charge is 0.256 e. The summed E-state index contributed by atoms with van der Waals surface area (Å²) in [5.41, 5.74) is 2.19. The summed E-state index contributed by atoms with van der Waals surface area (Å²) >= 11 is 0. The minimum atomic E-state index is -3.37. The molecule has 2 aromatic rings. The number of carbonyl (C=O) groups excluding carboxylic acids is 1. The third-order valence-corrected chi connectivity index (χ3v) is 6.73. The summed E-state index contributed by atoms with van der Waals surface area (Å²) in [6.45, 7) is 0.884. The van der Waals surface area contributed by atoms with E-state index in [1.54, 1.807) is 30.8 Å². The molecule has 0 radical (unpaired) electrons. The molecule has 27 heavy (non-hydrogen) atoms. The van der Waals surface area contributed by atoms with Gasteiger partial charge in [0, 0.05) is 45.5 Å². The maximum absolute atomic E-state index is 12.8. The van der Waals surface area contributed by atoms with Gasteiger partial charge in [-0.1, -0.05) is 0 Å². The van der Waals surface area contributed by atoms with Crippen LogP contribution in [-0.2, 0) is 16.4 Å². The molecule has 1 N–H and O–H groups in total. The van der Waals surface area contributed by atoms with Crippen molar-refractivity contribution in [3.05, 3.63) is 47.5 Å². The second kappa shape index (κ2) is 8.18. The molecule has 1 amide bonds. The number of nitrogens with one attached hydrogen (secondary N) is 1. The second-order valence-corrected chi connectivity index (χ2v) is 9.10. The molecule has 3 rings (SSSR count). The lowest BCUT2D eigenvalue weighted by atomic mass is 9.93. The maximum Gasteiger partial charge on any atom is 0.256 e. The zero-order valence-corrected chi connectivity index (χ0v) is 16.4. The van der Waals surface area contributed by atoms with Crippen molar-refractivity contribution in [3.8, 4) is 0 Å². The summed E-state index contributed by atoms with van der Waals surface area (Å²) in [5.74, 6) is -0.122. The molecular formula is C18H25N5O3S. The van der Waals surface area contributed by atoms with E-state index in [-0.39, 0.29) is 17.6 Å². The Hall–Kier alpha value is -2.26. The molecule has 146 valence electrons. The van der Waals surface area contributed by atoms with Gasteiger partial charge >= 0.3 is 0 Å².